The van der Waals surface area contributed by atoms with Crippen LogP contribution in [0.15, 0.2) is 0 Å². The first kappa shape index (κ1) is 18.7. The summed E-state index contributed by atoms with van der Waals surface area (Å²) >= 11 is 0. The van der Waals surface area contributed by atoms with E-state index in [-0.39, 0.29) is 0 Å². The normalized spacial score (nSPS) is 38.1. The van der Waals surface area contributed by atoms with Gasteiger partial charge in [-0.1, -0.05) is 0 Å². The maximum atomic E-state index is 11.3. The quantitative estimate of drug-likeness (QED) is 0.271. The van der Waals surface area contributed by atoms with Gasteiger partial charge in [-0.25, -0.2) is 4.79 Å². The molecule has 128 valence electrons. The van der Waals surface area contributed by atoms with Crippen LogP contribution in [0.4, 0.5) is 0 Å². The number of amides is 1. The predicted octanol–water partition coefficient (Wildman–Crippen LogP) is -3.48. The molecule has 1 fully saturated rings. The van der Waals surface area contributed by atoms with Gasteiger partial charge in [-0.05, 0) is 6.92 Å². The lowest BCUT2D eigenvalue weighted by atomic mass is 9.78. The van der Waals surface area contributed by atoms with E-state index in [0.29, 0.717) is 0 Å². The van der Waals surface area contributed by atoms with Crippen molar-refractivity contribution in [3.05, 3.63) is 0 Å². The number of aliphatic hydroxyl groups is 5. The third-order valence-corrected chi connectivity index (χ3v) is 3.71. The number of hydrogen-bond acceptors (Lipinski definition) is 8. The van der Waals surface area contributed by atoms with Crippen molar-refractivity contribution in [2.45, 2.75) is 56.0 Å². The lowest BCUT2D eigenvalue weighted by molar-refractivity contribution is -0.329. The summed E-state index contributed by atoms with van der Waals surface area (Å²) in [6.07, 6.45) is -5.98. The third kappa shape index (κ3) is 3.37. The second kappa shape index (κ2) is 6.44. The fourth-order valence-electron chi connectivity index (χ4n) is 2.57. The molecule has 1 saturated heterocycles. The molecule has 6 atom stereocenters. The number of hydrogen-bond donors (Lipinski definition) is 7. The first-order valence-electron chi connectivity index (χ1n) is 6.56. The van der Waals surface area contributed by atoms with Gasteiger partial charge in [-0.2, -0.15) is 0 Å². The average Bonchev–Trinajstić information content (AvgIpc) is 2.40. The Morgan fingerprint density at radius 3 is 2.36 bits per heavy atom. The van der Waals surface area contributed by atoms with Gasteiger partial charge in [0.15, 0.2) is 0 Å². The molecule has 10 heteroatoms. The van der Waals surface area contributed by atoms with Crippen LogP contribution in [0.5, 0.6) is 0 Å². The first-order valence-corrected chi connectivity index (χ1v) is 6.56. The fourth-order valence-corrected chi connectivity index (χ4v) is 2.57. The van der Waals surface area contributed by atoms with Gasteiger partial charge < -0.3 is 40.7 Å². The van der Waals surface area contributed by atoms with Crippen molar-refractivity contribution < 1.29 is 45.0 Å². The molecule has 0 spiro atoms. The summed E-state index contributed by atoms with van der Waals surface area (Å²) in [6, 6.07) is -1.32. The molecule has 0 aromatic rings. The second-order valence-electron chi connectivity index (χ2n) is 5.52. The van der Waals surface area contributed by atoms with Crippen LogP contribution in [0.2, 0.25) is 0 Å². The zero-order valence-electron chi connectivity index (χ0n) is 12.1. The molecular formula is C12H21NO9. The minimum Gasteiger partial charge on any atom is -0.477 e. The van der Waals surface area contributed by atoms with Crippen LogP contribution in [-0.2, 0) is 14.3 Å². The molecular weight excluding hydrogens is 302 g/mol. The third-order valence-electron chi connectivity index (χ3n) is 3.71. The van der Waals surface area contributed by atoms with E-state index >= 15 is 0 Å². The summed E-state index contributed by atoms with van der Waals surface area (Å²) < 4.78 is 5.05. The van der Waals surface area contributed by atoms with Crippen LogP contribution < -0.4 is 5.32 Å². The van der Waals surface area contributed by atoms with Crippen LogP contribution in [0, 0.1) is 0 Å². The van der Waals surface area contributed by atoms with E-state index in [9.17, 15) is 30.0 Å². The molecule has 0 bridgehead atoms. The minimum atomic E-state index is -2.82. The molecule has 1 aliphatic heterocycles. The van der Waals surface area contributed by atoms with Crippen LogP contribution in [-0.4, -0.2) is 84.9 Å². The minimum absolute atomic E-state index is 0.606. The Morgan fingerprint density at radius 2 is 1.95 bits per heavy atom. The summed E-state index contributed by atoms with van der Waals surface area (Å²) in [6.45, 7) is 1.35. The molecule has 22 heavy (non-hydrogen) atoms. The largest absolute Gasteiger partial charge is 0.477 e. The molecule has 0 aliphatic carbocycles. The summed E-state index contributed by atoms with van der Waals surface area (Å²) in [4.78, 5) is 22.4. The molecule has 0 aromatic carbocycles. The van der Waals surface area contributed by atoms with Crippen LogP contribution in [0.1, 0.15) is 20.3 Å². The number of aliphatic hydroxyl groups excluding tert-OH is 4. The molecule has 1 rings (SSSR count). The molecule has 7 N–H and O–H groups in total. The molecule has 0 aromatic heterocycles. The molecule has 0 saturated carbocycles. The van der Waals surface area contributed by atoms with Gasteiger partial charge in [0, 0.05) is 13.3 Å². The number of nitrogens with one attached hydrogen (secondary N) is 1. The summed E-state index contributed by atoms with van der Waals surface area (Å²) in [5, 5.41) is 60.0. The number of ether oxygens (including phenoxy) is 1. The number of carbonyl (C=O) groups excluding carboxylic acids is 1. The monoisotopic (exact) mass is 323 g/mol. The summed E-state index contributed by atoms with van der Waals surface area (Å²) in [5.74, 6) is -5.23. The van der Waals surface area contributed by atoms with E-state index in [1.807, 2.05) is 0 Å². The van der Waals surface area contributed by atoms with E-state index in [1.54, 1.807) is 0 Å². The highest BCUT2D eigenvalue weighted by Gasteiger charge is 2.60. The maximum absolute atomic E-state index is 11.3. The molecule has 0 radical (unpaired) electrons. The Bertz CT molecular complexity index is 444. The topological polar surface area (TPSA) is 177 Å². The summed E-state index contributed by atoms with van der Waals surface area (Å²) in [7, 11) is 0. The highest BCUT2D eigenvalue weighted by atomic mass is 16.7. The lowest BCUT2D eigenvalue weighted by Crippen LogP contribution is -2.73. The average molecular weight is 323 g/mol. The van der Waals surface area contributed by atoms with E-state index in [2.05, 4.69) is 5.32 Å². The molecule has 1 heterocycles. The van der Waals surface area contributed by atoms with Crippen molar-refractivity contribution in [1.82, 2.24) is 5.32 Å². The Kier molecular flexibility index (Phi) is 5.49. The van der Waals surface area contributed by atoms with Crippen molar-refractivity contribution in [2.24, 2.45) is 0 Å². The zero-order chi connectivity index (χ0) is 17.3. The van der Waals surface area contributed by atoms with Gasteiger partial charge in [-0.15, -0.1) is 0 Å². The SMILES string of the molecule is CC(=O)N[C@@H]1[C@@H](O)C[C@@](O)(C(=O)O)O[C@@]1(C)[C@H](O)[C@H](O)CO. The number of aliphatic carboxylic acids is 1. The van der Waals surface area contributed by atoms with Gasteiger partial charge in [-0.3, -0.25) is 4.79 Å². The number of carbonyl (C=O) groups is 2. The van der Waals surface area contributed by atoms with E-state index in [0.717, 1.165) is 13.8 Å². The Hall–Kier alpha value is -1.30. The van der Waals surface area contributed by atoms with Crippen LogP contribution >= 0.6 is 0 Å². The Balaban J connectivity index is 3.27. The van der Waals surface area contributed by atoms with Gasteiger partial charge >= 0.3 is 5.97 Å². The van der Waals surface area contributed by atoms with Crippen LogP contribution in [0.25, 0.3) is 0 Å². The van der Waals surface area contributed by atoms with Crippen LogP contribution in [0.3, 0.4) is 0 Å². The predicted molar refractivity (Wildman–Crippen MR) is 69.4 cm³/mol. The molecule has 0 unspecified atom stereocenters. The Morgan fingerprint density at radius 1 is 1.41 bits per heavy atom. The summed E-state index contributed by atoms with van der Waals surface area (Å²) in [5.41, 5.74) is -2.07. The van der Waals surface area contributed by atoms with Crippen molar-refractivity contribution in [3.63, 3.8) is 0 Å². The van der Waals surface area contributed by atoms with Gasteiger partial charge in [0.05, 0.1) is 18.8 Å². The van der Waals surface area contributed by atoms with E-state index in [1.165, 1.54) is 0 Å². The Labute approximate surface area is 125 Å². The fraction of sp³-hybridized carbons (Fsp3) is 0.833. The van der Waals surface area contributed by atoms with Gasteiger partial charge in [0.2, 0.25) is 5.91 Å². The molecule has 1 amide bonds. The van der Waals surface area contributed by atoms with Crippen molar-refractivity contribution in [1.29, 1.82) is 0 Å². The highest BCUT2D eigenvalue weighted by molar-refractivity contribution is 5.76. The van der Waals surface area contributed by atoms with Gasteiger partial charge in [0.25, 0.3) is 5.79 Å². The standard InChI is InChI=1S/C12H21NO9/c1-5(15)13-8-6(16)3-12(21,10(19)20)22-11(8,2)9(18)7(17)4-14/h6-9,14,16-18,21H,3-4H2,1-2H3,(H,13,15)(H,19,20)/t6-,7+,8+,9+,11+,12-/m0/s1. The van der Waals surface area contributed by atoms with E-state index < -0.39 is 60.6 Å². The van der Waals surface area contributed by atoms with Gasteiger partial charge in [0.1, 0.15) is 17.8 Å². The lowest BCUT2D eigenvalue weighted by Gasteiger charge is -2.51. The number of carboxylic acids is 1. The van der Waals surface area contributed by atoms with E-state index in [4.69, 9.17) is 14.9 Å². The number of carboxylic acid groups (broad SMARTS) is 1. The van der Waals surface area contributed by atoms with Crippen molar-refractivity contribution >= 4 is 11.9 Å². The van der Waals surface area contributed by atoms with Crippen molar-refractivity contribution in [3.8, 4) is 0 Å². The highest BCUT2D eigenvalue weighted by Crippen LogP contribution is 2.38. The molecule has 10 nitrogen and oxygen atoms in total. The molecule has 1 aliphatic rings. The maximum Gasteiger partial charge on any atom is 0.364 e. The second-order valence-corrected chi connectivity index (χ2v) is 5.52. The van der Waals surface area contributed by atoms with Crippen molar-refractivity contribution in [2.75, 3.05) is 6.61 Å². The first-order chi connectivity index (χ1) is 9.97. The smallest absolute Gasteiger partial charge is 0.364 e. The number of rotatable bonds is 5. The zero-order valence-corrected chi connectivity index (χ0v) is 12.1.